The van der Waals surface area contributed by atoms with Crippen molar-refractivity contribution in [1.82, 2.24) is 0 Å². The summed E-state index contributed by atoms with van der Waals surface area (Å²) >= 11 is 1.81. The molecule has 0 spiro atoms. The normalized spacial score (nSPS) is 13.0. The summed E-state index contributed by atoms with van der Waals surface area (Å²) in [6, 6.07) is 19.5. The molecule has 0 amide bonds. The molecule has 0 bridgehead atoms. The Kier molecular flexibility index (Phi) is 3.63. The van der Waals surface area contributed by atoms with E-state index in [0.717, 1.165) is 11.5 Å². The van der Waals surface area contributed by atoms with Gasteiger partial charge in [0.25, 0.3) is 0 Å². The van der Waals surface area contributed by atoms with Gasteiger partial charge in [-0.15, -0.1) is 0 Å². The molecule has 0 N–H and O–H groups in total. The number of furan rings is 1. The van der Waals surface area contributed by atoms with E-state index < -0.39 is 0 Å². The molecule has 0 fully saturated rings. The summed E-state index contributed by atoms with van der Waals surface area (Å²) in [6.45, 7) is 8.66. The second-order valence-electron chi connectivity index (χ2n) is 7.39. The molecule has 27 heavy (non-hydrogen) atoms. The lowest BCUT2D eigenvalue weighted by molar-refractivity contribution is 0.611. The van der Waals surface area contributed by atoms with E-state index in [4.69, 9.17) is 4.42 Å². The van der Waals surface area contributed by atoms with E-state index in [-0.39, 0.29) is 0 Å². The van der Waals surface area contributed by atoms with Crippen molar-refractivity contribution in [2.75, 3.05) is 4.90 Å². The average Bonchev–Trinajstić information content (AvgIpc) is 2.98. The number of fused-ring (bicyclic) bond motifs is 4. The molecule has 3 heteroatoms. The minimum absolute atomic E-state index is 0.925. The second-order valence-corrected chi connectivity index (χ2v) is 8.44. The molecule has 5 rings (SSSR count). The fourth-order valence-corrected chi connectivity index (χ4v) is 5.24. The van der Waals surface area contributed by atoms with E-state index in [1.807, 2.05) is 0 Å². The molecule has 1 aromatic heterocycles. The Morgan fingerprint density at radius 1 is 0.815 bits per heavy atom. The second kappa shape index (κ2) is 5.93. The SMILES string of the molecule is Cc1cc(C)c(N2c3ccccc3Sc3c2oc2ccc(C)cc32)c(C)c1. The fourth-order valence-electron chi connectivity index (χ4n) is 4.12. The molecule has 4 aromatic rings. The first-order valence-corrected chi connectivity index (χ1v) is 10.0. The Labute approximate surface area is 163 Å². The fraction of sp³-hybridized carbons (Fsp3) is 0.167. The summed E-state index contributed by atoms with van der Waals surface area (Å²) < 4.78 is 6.41. The molecule has 134 valence electrons. The highest BCUT2D eigenvalue weighted by Crippen LogP contribution is 2.55. The van der Waals surface area contributed by atoms with Crippen molar-refractivity contribution in [3.05, 3.63) is 76.9 Å². The first-order valence-electron chi connectivity index (χ1n) is 9.21. The summed E-state index contributed by atoms with van der Waals surface area (Å²) in [5, 5.41) is 1.19. The summed E-state index contributed by atoms with van der Waals surface area (Å²) in [5.41, 5.74) is 8.40. The van der Waals surface area contributed by atoms with Gasteiger partial charge < -0.3 is 4.42 Å². The lowest BCUT2D eigenvalue weighted by Crippen LogP contribution is -2.16. The van der Waals surface area contributed by atoms with Crippen LogP contribution in [0.1, 0.15) is 22.3 Å². The Bertz CT molecular complexity index is 1180. The third-order valence-corrected chi connectivity index (χ3v) is 6.32. The van der Waals surface area contributed by atoms with E-state index >= 15 is 0 Å². The van der Waals surface area contributed by atoms with Gasteiger partial charge in [0.1, 0.15) is 5.58 Å². The highest BCUT2D eigenvalue weighted by Gasteiger charge is 2.31. The van der Waals surface area contributed by atoms with E-state index in [2.05, 4.69) is 87.2 Å². The van der Waals surface area contributed by atoms with Crippen LogP contribution in [0.4, 0.5) is 17.3 Å². The van der Waals surface area contributed by atoms with Crippen molar-refractivity contribution < 1.29 is 4.42 Å². The van der Waals surface area contributed by atoms with Crippen molar-refractivity contribution in [2.45, 2.75) is 37.5 Å². The van der Waals surface area contributed by atoms with Crippen molar-refractivity contribution in [3.63, 3.8) is 0 Å². The molecule has 3 aromatic carbocycles. The minimum Gasteiger partial charge on any atom is -0.439 e. The zero-order valence-corrected chi connectivity index (χ0v) is 16.8. The number of nitrogens with zero attached hydrogens (tertiary/aromatic N) is 1. The van der Waals surface area contributed by atoms with Gasteiger partial charge in [0.05, 0.1) is 16.3 Å². The Balaban J connectivity index is 1.86. The van der Waals surface area contributed by atoms with Gasteiger partial charge in [-0.2, -0.15) is 0 Å². The summed E-state index contributed by atoms with van der Waals surface area (Å²) in [7, 11) is 0. The van der Waals surface area contributed by atoms with Crippen LogP contribution in [0.3, 0.4) is 0 Å². The van der Waals surface area contributed by atoms with Crippen molar-refractivity contribution in [3.8, 4) is 0 Å². The van der Waals surface area contributed by atoms with Crippen LogP contribution in [0, 0.1) is 27.7 Å². The van der Waals surface area contributed by atoms with Gasteiger partial charge in [0, 0.05) is 10.3 Å². The zero-order valence-electron chi connectivity index (χ0n) is 16.0. The average molecular weight is 372 g/mol. The molecule has 0 radical (unpaired) electrons. The van der Waals surface area contributed by atoms with Crippen LogP contribution in [0.15, 0.2) is 68.8 Å². The van der Waals surface area contributed by atoms with Crippen LogP contribution in [0.25, 0.3) is 11.0 Å². The first kappa shape index (κ1) is 16.5. The monoisotopic (exact) mass is 371 g/mol. The van der Waals surface area contributed by atoms with Gasteiger partial charge in [-0.1, -0.05) is 53.2 Å². The maximum Gasteiger partial charge on any atom is 0.219 e. The van der Waals surface area contributed by atoms with E-state index in [1.165, 1.54) is 48.8 Å². The molecule has 2 nitrogen and oxygen atoms in total. The van der Waals surface area contributed by atoms with Gasteiger partial charge in [-0.25, -0.2) is 0 Å². The van der Waals surface area contributed by atoms with E-state index in [0.29, 0.717) is 0 Å². The Morgan fingerprint density at radius 2 is 1.56 bits per heavy atom. The van der Waals surface area contributed by atoms with Gasteiger partial charge in [0.2, 0.25) is 5.88 Å². The van der Waals surface area contributed by atoms with Crippen LogP contribution in [-0.4, -0.2) is 0 Å². The standard InChI is InChI=1S/C24H21NOS/c1-14-9-10-20-18(13-14)23-24(26-20)25(19-7-5-6-8-21(19)27-23)22-16(3)11-15(2)12-17(22)4/h5-13H,1-4H3. The number of aryl methyl sites for hydroxylation is 4. The maximum atomic E-state index is 6.41. The summed E-state index contributed by atoms with van der Waals surface area (Å²) in [6.07, 6.45) is 0. The molecular weight excluding hydrogens is 350 g/mol. The molecule has 1 aliphatic rings. The van der Waals surface area contributed by atoms with Gasteiger partial charge in [-0.05, 0) is 63.1 Å². The number of anilines is 3. The topological polar surface area (TPSA) is 16.4 Å². The van der Waals surface area contributed by atoms with Crippen LogP contribution in [-0.2, 0) is 0 Å². The van der Waals surface area contributed by atoms with Crippen LogP contribution < -0.4 is 4.90 Å². The number of hydrogen-bond donors (Lipinski definition) is 0. The molecule has 0 atom stereocenters. The van der Waals surface area contributed by atoms with Crippen LogP contribution >= 0.6 is 11.8 Å². The lowest BCUT2D eigenvalue weighted by atomic mass is 10.0. The third kappa shape index (κ3) is 2.49. The minimum atomic E-state index is 0.925. The van der Waals surface area contributed by atoms with Gasteiger partial charge >= 0.3 is 0 Å². The van der Waals surface area contributed by atoms with Crippen LogP contribution in [0.5, 0.6) is 0 Å². The summed E-state index contributed by atoms with van der Waals surface area (Å²) in [5.74, 6) is 0.925. The Hall–Kier alpha value is -2.65. The van der Waals surface area contributed by atoms with Gasteiger partial charge in [-0.3, -0.25) is 4.90 Å². The third-order valence-electron chi connectivity index (χ3n) is 5.16. The molecule has 0 aliphatic carbocycles. The van der Waals surface area contributed by atoms with E-state index in [1.54, 1.807) is 11.8 Å². The van der Waals surface area contributed by atoms with Crippen molar-refractivity contribution in [2.24, 2.45) is 0 Å². The highest BCUT2D eigenvalue weighted by molar-refractivity contribution is 8.00. The van der Waals surface area contributed by atoms with Crippen molar-refractivity contribution >= 4 is 40.0 Å². The number of para-hydroxylation sites is 1. The highest BCUT2D eigenvalue weighted by atomic mass is 32.2. The molecule has 0 unspecified atom stereocenters. The molecule has 0 saturated heterocycles. The van der Waals surface area contributed by atoms with Crippen LogP contribution in [0.2, 0.25) is 0 Å². The predicted octanol–water partition coefficient (Wildman–Crippen LogP) is 7.60. The largest absolute Gasteiger partial charge is 0.439 e. The van der Waals surface area contributed by atoms with Crippen molar-refractivity contribution in [1.29, 1.82) is 0 Å². The summed E-state index contributed by atoms with van der Waals surface area (Å²) in [4.78, 5) is 4.76. The predicted molar refractivity (Wildman–Crippen MR) is 114 cm³/mol. The number of rotatable bonds is 1. The molecule has 1 aliphatic heterocycles. The van der Waals surface area contributed by atoms with E-state index in [9.17, 15) is 0 Å². The molecule has 0 saturated carbocycles. The number of hydrogen-bond acceptors (Lipinski definition) is 3. The smallest absolute Gasteiger partial charge is 0.219 e. The zero-order chi connectivity index (χ0) is 18.7. The molecule has 2 heterocycles. The number of benzene rings is 3. The van der Waals surface area contributed by atoms with Gasteiger partial charge in [0.15, 0.2) is 0 Å². The maximum absolute atomic E-state index is 6.41. The first-order chi connectivity index (χ1) is 13.0. The quantitative estimate of drug-likeness (QED) is 0.302. The lowest BCUT2D eigenvalue weighted by Gasteiger charge is -2.31. The molecular formula is C24H21NOS. The Morgan fingerprint density at radius 3 is 2.33 bits per heavy atom.